The number of nitrogens with zero attached hydrogens (tertiary/aromatic N) is 3. The van der Waals surface area contributed by atoms with E-state index in [0.717, 1.165) is 56.8 Å². The molecular weight excluding hydrogens is 236 g/mol. The summed E-state index contributed by atoms with van der Waals surface area (Å²) in [6, 6.07) is 0. The van der Waals surface area contributed by atoms with E-state index in [-0.39, 0.29) is 0 Å². The number of piperazine rings is 1. The van der Waals surface area contributed by atoms with Gasteiger partial charge in [0.1, 0.15) is 0 Å². The summed E-state index contributed by atoms with van der Waals surface area (Å²) in [5, 5.41) is 3.37. The summed E-state index contributed by atoms with van der Waals surface area (Å²) < 4.78 is 0. The SMILES string of the molecule is CC(C)C1CCc2nc(N3CCNCC3)ncc2C1. The van der Waals surface area contributed by atoms with Crippen molar-refractivity contribution >= 4 is 5.95 Å². The topological polar surface area (TPSA) is 41.1 Å². The van der Waals surface area contributed by atoms with E-state index in [1.165, 1.54) is 17.7 Å². The van der Waals surface area contributed by atoms with Gasteiger partial charge in [-0.15, -0.1) is 0 Å². The van der Waals surface area contributed by atoms with Gasteiger partial charge < -0.3 is 10.2 Å². The smallest absolute Gasteiger partial charge is 0.225 e. The summed E-state index contributed by atoms with van der Waals surface area (Å²) in [5.41, 5.74) is 2.67. The molecule has 104 valence electrons. The molecular formula is C15H24N4. The van der Waals surface area contributed by atoms with E-state index in [0.29, 0.717) is 0 Å². The molecule has 0 radical (unpaired) electrons. The van der Waals surface area contributed by atoms with Crippen LogP contribution in [0.4, 0.5) is 5.95 Å². The minimum atomic E-state index is 0.765. The van der Waals surface area contributed by atoms with E-state index in [1.54, 1.807) is 0 Å². The van der Waals surface area contributed by atoms with Crippen molar-refractivity contribution in [2.24, 2.45) is 11.8 Å². The lowest BCUT2D eigenvalue weighted by molar-refractivity contribution is 0.339. The van der Waals surface area contributed by atoms with Crippen molar-refractivity contribution in [2.75, 3.05) is 31.1 Å². The monoisotopic (exact) mass is 260 g/mol. The zero-order valence-corrected chi connectivity index (χ0v) is 12.0. The maximum Gasteiger partial charge on any atom is 0.225 e. The zero-order valence-electron chi connectivity index (χ0n) is 12.0. The number of aromatic nitrogens is 2. The molecule has 2 aliphatic rings. The second kappa shape index (κ2) is 5.45. The number of fused-ring (bicyclic) bond motifs is 1. The lowest BCUT2D eigenvalue weighted by Gasteiger charge is -2.30. The molecule has 1 aromatic rings. The van der Waals surface area contributed by atoms with E-state index >= 15 is 0 Å². The van der Waals surface area contributed by atoms with Crippen LogP contribution >= 0.6 is 0 Å². The normalized spacial score (nSPS) is 23.5. The van der Waals surface area contributed by atoms with E-state index in [1.807, 2.05) is 0 Å². The van der Waals surface area contributed by atoms with Crippen molar-refractivity contribution < 1.29 is 0 Å². The Hall–Kier alpha value is -1.16. The van der Waals surface area contributed by atoms with E-state index in [2.05, 4.69) is 35.2 Å². The highest BCUT2D eigenvalue weighted by molar-refractivity contribution is 5.35. The maximum absolute atomic E-state index is 4.82. The highest BCUT2D eigenvalue weighted by Gasteiger charge is 2.23. The summed E-state index contributed by atoms with van der Waals surface area (Å²) in [5.74, 6) is 2.50. The number of hydrogen-bond donors (Lipinski definition) is 1. The van der Waals surface area contributed by atoms with Gasteiger partial charge in [0.2, 0.25) is 5.95 Å². The summed E-state index contributed by atoms with van der Waals surface area (Å²) >= 11 is 0. The third kappa shape index (κ3) is 2.73. The Balaban J connectivity index is 1.77. The minimum Gasteiger partial charge on any atom is -0.338 e. The molecule has 1 aromatic heterocycles. The molecule has 1 saturated heterocycles. The van der Waals surface area contributed by atoms with Crippen LogP contribution in [0.25, 0.3) is 0 Å². The average molecular weight is 260 g/mol. The molecule has 1 aliphatic carbocycles. The lowest BCUT2D eigenvalue weighted by atomic mass is 9.80. The molecule has 2 heterocycles. The second-order valence-electron chi connectivity index (χ2n) is 6.13. The van der Waals surface area contributed by atoms with Gasteiger partial charge in [-0.25, -0.2) is 9.97 Å². The first kappa shape index (κ1) is 12.9. The number of anilines is 1. The fourth-order valence-corrected chi connectivity index (χ4v) is 3.11. The first-order chi connectivity index (χ1) is 9.24. The van der Waals surface area contributed by atoms with Crippen LogP contribution in [0.3, 0.4) is 0 Å². The first-order valence-corrected chi connectivity index (χ1v) is 7.54. The van der Waals surface area contributed by atoms with Gasteiger partial charge in [0.15, 0.2) is 0 Å². The van der Waals surface area contributed by atoms with Gasteiger partial charge >= 0.3 is 0 Å². The van der Waals surface area contributed by atoms with Gasteiger partial charge in [0.05, 0.1) is 0 Å². The van der Waals surface area contributed by atoms with E-state index in [9.17, 15) is 0 Å². The summed E-state index contributed by atoms with van der Waals surface area (Å²) in [4.78, 5) is 11.7. The molecule has 3 rings (SSSR count). The maximum atomic E-state index is 4.82. The molecule has 19 heavy (non-hydrogen) atoms. The van der Waals surface area contributed by atoms with Gasteiger partial charge in [0, 0.05) is 38.1 Å². The van der Waals surface area contributed by atoms with Crippen LogP contribution in [0.15, 0.2) is 6.20 Å². The molecule has 4 heteroatoms. The molecule has 0 saturated carbocycles. The Morgan fingerprint density at radius 1 is 1.32 bits per heavy atom. The summed E-state index contributed by atoms with van der Waals surface area (Å²) in [7, 11) is 0. The van der Waals surface area contributed by atoms with Crippen LogP contribution in [0, 0.1) is 11.8 Å². The number of rotatable bonds is 2. The van der Waals surface area contributed by atoms with Gasteiger partial charge in [0.25, 0.3) is 0 Å². The molecule has 0 aromatic carbocycles. The van der Waals surface area contributed by atoms with E-state index in [4.69, 9.17) is 4.98 Å². The predicted molar refractivity (Wildman–Crippen MR) is 77.5 cm³/mol. The fraction of sp³-hybridized carbons (Fsp3) is 0.733. The third-order valence-corrected chi connectivity index (χ3v) is 4.52. The molecule has 1 aliphatic heterocycles. The Labute approximate surface area is 115 Å². The van der Waals surface area contributed by atoms with Gasteiger partial charge in [-0.05, 0) is 36.7 Å². The Bertz CT molecular complexity index is 438. The van der Waals surface area contributed by atoms with Crippen molar-refractivity contribution in [1.82, 2.24) is 15.3 Å². The summed E-state index contributed by atoms with van der Waals surface area (Å²) in [6.45, 7) is 8.77. The average Bonchev–Trinajstić information content (AvgIpc) is 2.47. The molecule has 1 fully saturated rings. The molecule has 0 amide bonds. The lowest BCUT2D eigenvalue weighted by Crippen LogP contribution is -2.44. The van der Waals surface area contributed by atoms with E-state index < -0.39 is 0 Å². The summed E-state index contributed by atoms with van der Waals surface area (Å²) in [6.07, 6.45) is 5.64. The third-order valence-electron chi connectivity index (χ3n) is 4.52. The standard InChI is InChI=1S/C15H24N4/c1-11(2)12-3-4-14-13(9-12)10-17-15(18-14)19-7-5-16-6-8-19/h10-12,16H,3-9H2,1-2H3. The highest BCUT2D eigenvalue weighted by Crippen LogP contribution is 2.29. The first-order valence-electron chi connectivity index (χ1n) is 7.54. The van der Waals surface area contributed by atoms with Crippen molar-refractivity contribution in [2.45, 2.75) is 33.1 Å². The van der Waals surface area contributed by atoms with Gasteiger partial charge in [-0.2, -0.15) is 0 Å². The van der Waals surface area contributed by atoms with Crippen LogP contribution in [0.1, 0.15) is 31.5 Å². The van der Waals surface area contributed by atoms with Crippen LogP contribution < -0.4 is 10.2 Å². The van der Waals surface area contributed by atoms with Gasteiger partial charge in [-0.1, -0.05) is 13.8 Å². The van der Waals surface area contributed by atoms with Gasteiger partial charge in [-0.3, -0.25) is 0 Å². The predicted octanol–water partition coefficient (Wildman–Crippen LogP) is 1.65. The number of hydrogen-bond acceptors (Lipinski definition) is 4. The largest absolute Gasteiger partial charge is 0.338 e. The molecule has 1 N–H and O–H groups in total. The van der Waals surface area contributed by atoms with Crippen molar-refractivity contribution in [3.8, 4) is 0 Å². The Morgan fingerprint density at radius 3 is 2.84 bits per heavy atom. The molecule has 0 spiro atoms. The zero-order chi connectivity index (χ0) is 13.2. The van der Waals surface area contributed by atoms with Crippen LogP contribution in [-0.2, 0) is 12.8 Å². The molecule has 1 atom stereocenters. The Kier molecular flexibility index (Phi) is 3.69. The minimum absolute atomic E-state index is 0.765. The fourth-order valence-electron chi connectivity index (χ4n) is 3.11. The Morgan fingerprint density at radius 2 is 2.11 bits per heavy atom. The van der Waals surface area contributed by atoms with Crippen molar-refractivity contribution in [1.29, 1.82) is 0 Å². The molecule has 4 nitrogen and oxygen atoms in total. The van der Waals surface area contributed by atoms with Crippen LogP contribution in [-0.4, -0.2) is 36.1 Å². The van der Waals surface area contributed by atoms with Crippen molar-refractivity contribution in [3.05, 3.63) is 17.5 Å². The quantitative estimate of drug-likeness (QED) is 0.878. The van der Waals surface area contributed by atoms with Crippen LogP contribution in [0.2, 0.25) is 0 Å². The highest BCUT2D eigenvalue weighted by atomic mass is 15.3. The van der Waals surface area contributed by atoms with Crippen LogP contribution in [0.5, 0.6) is 0 Å². The molecule has 1 unspecified atom stereocenters. The number of aryl methyl sites for hydroxylation is 1. The number of nitrogens with one attached hydrogen (secondary N) is 1. The second-order valence-corrected chi connectivity index (χ2v) is 6.13. The van der Waals surface area contributed by atoms with Crippen molar-refractivity contribution in [3.63, 3.8) is 0 Å². The molecule has 0 bridgehead atoms.